The van der Waals surface area contributed by atoms with E-state index < -0.39 is 0 Å². The Kier molecular flexibility index (Phi) is 5.22. The van der Waals surface area contributed by atoms with Gasteiger partial charge in [0, 0.05) is 0 Å². The molecule has 0 aromatic heterocycles. The fraction of sp³-hybridized carbons (Fsp3) is 0.800. The lowest BCUT2D eigenvalue weighted by atomic mass is 9.86. The van der Waals surface area contributed by atoms with E-state index in [0.29, 0.717) is 11.8 Å². The van der Waals surface area contributed by atoms with Crippen LogP contribution in [0, 0.1) is 11.8 Å². The molecule has 0 saturated carbocycles. The highest BCUT2D eigenvalue weighted by Gasteiger charge is 2.18. The van der Waals surface area contributed by atoms with Crippen LogP contribution in [0.15, 0.2) is 12.7 Å². The summed E-state index contributed by atoms with van der Waals surface area (Å²) in [7, 11) is 0. The van der Waals surface area contributed by atoms with Gasteiger partial charge in [0.15, 0.2) is 0 Å². The molecule has 1 heteroatoms. The van der Waals surface area contributed by atoms with Gasteiger partial charge in [0.1, 0.15) is 0 Å². The van der Waals surface area contributed by atoms with Gasteiger partial charge in [-0.05, 0) is 18.3 Å². The van der Waals surface area contributed by atoms with Crippen molar-refractivity contribution in [1.82, 2.24) is 0 Å². The highest BCUT2D eigenvalue weighted by molar-refractivity contribution is 4.78. The van der Waals surface area contributed by atoms with E-state index in [0.717, 1.165) is 12.8 Å². The molecule has 2 unspecified atom stereocenters. The average molecular weight is 156 g/mol. The number of hydrogen-bond acceptors (Lipinski definition) is 1. The van der Waals surface area contributed by atoms with Crippen molar-refractivity contribution in [1.29, 1.82) is 0 Å². The summed E-state index contributed by atoms with van der Waals surface area (Å²) in [5.74, 6) is 0.989. The lowest BCUT2D eigenvalue weighted by Crippen LogP contribution is -2.23. The van der Waals surface area contributed by atoms with E-state index in [1.54, 1.807) is 6.08 Å². The van der Waals surface area contributed by atoms with Crippen LogP contribution < -0.4 is 0 Å². The van der Waals surface area contributed by atoms with Crippen LogP contribution in [0.4, 0.5) is 0 Å². The Bertz CT molecular complexity index is 107. The summed E-state index contributed by atoms with van der Waals surface area (Å²) in [5.41, 5.74) is 0. The SMILES string of the molecule is C=CCC(O)C(CC)C(C)C. The molecule has 0 rings (SSSR count). The molecule has 0 spiro atoms. The van der Waals surface area contributed by atoms with E-state index in [2.05, 4.69) is 27.4 Å². The van der Waals surface area contributed by atoms with Crippen molar-refractivity contribution < 1.29 is 5.11 Å². The van der Waals surface area contributed by atoms with E-state index in [-0.39, 0.29) is 6.10 Å². The molecule has 0 aliphatic heterocycles. The Morgan fingerprint density at radius 2 is 2.00 bits per heavy atom. The topological polar surface area (TPSA) is 20.2 Å². The first kappa shape index (κ1) is 10.7. The van der Waals surface area contributed by atoms with Gasteiger partial charge in [-0.3, -0.25) is 0 Å². The molecule has 0 heterocycles. The quantitative estimate of drug-likeness (QED) is 0.607. The molecule has 2 atom stereocenters. The minimum Gasteiger partial charge on any atom is -0.393 e. The monoisotopic (exact) mass is 156 g/mol. The van der Waals surface area contributed by atoms with Gasteiger partial charge in [0.05, 0.1) is 6.10 Å². The molecule has 0 aliphatic carbocycles. The Balaban J connectivity index is 3.90. The molecular weight excluding hydrogens is 136 g/mol. The van der Waals surface area contributed by atoms with Gasteiger partial charge in [-0.2, -0.15) is 0 Å². The third-order valence-electron chi connectivity index (χ3n) is 2.23. The number of hydrogen-bond donors (Lipinski definition) is 1. The molecule has 1 nitrogen and oxygen atoms in total. The molecule has 0 bridgehead atoms. The van der Waals surface area contributed by atoms with Crippen molar-refractivity contribution in [3.05, 3.63) is 12.7 Å². The molecule has 0 saturated heterocycles. The van der Waals surface area contributed by atoms with Crippen LogP contribution in [0.25, 0.3) is 0 Å². The highest BCUT2D eigenvalue weighted by atomic mass is 16.3. The fourth-order valence-corrected chi connectivity index (χ4v) is 1.53. The normalized spacial score (nSPS) is 16.5. The zero-order valence-electron chi connectivity index (χ0n) is 7.88. The van der Waals surface area contributed by atoms with Crippen molar-refractivity contribution in [3.8, 4) is 0 Å². The molecule has 66 valence electrons. The van der Waals surface area contributed by atoms with Crippen molar-refractivity contribution in [3.63, 3.8) is 0 Å². The van der Waals surface area contributed by atoms with E-state index in [1.165, 1.54) is 0 Å². The van der Waals surface area contributed by atoms with E-state index >= 15 is 0 Å². The van der Waals surface area contributed by atoms with Crippen LogP contribution in [0.2, 0.25) is 0 Å². The molecule has 0 aromatic rings. The summed E-state index contributed by atoms with van der Waals surface area (Å²) < 4.78 is 0. The highest BCUT2D eigenvalue weighted by Crippen LogP contribution is 2.21. The first-order valence-electron chi connectivity index (χ1n) is 4.42. The second-order valence-electron chi connectivity index (χ2n) is 3.41. The van der Waals surface area contributed by atoms with Crippen LogP contribution in [0.3, 0.4) is 0 Å². The summed E-state index contributed by atoms with van der Waals surface area (Å²) >= 11 is 0. The average Bonchev–Trinajstić information content (AvgIpc) is 1.88. The maximum atomic E-state index is 9.61. The number of aliphatic hydroxyl groups is 1. The summed E-state index contributed by atoms with van der Waals surface area (Å²) in [6.45, 7) is 10.0. The van der Waals surface area contributed by atoms with Crippen LogP contribution in [-0.4, -0.2) is 11.2 Å². The fourth-order valence-electron chi connectivity index (χ4n) is 1.53. The largest absolute Gasteiger partial charge is 0.393 e. The zero-order chi connectivity index (χ0) is 8.85. The number of aliphatic hydroxyl groups excluding tert-OH is 1. The molecule has 0 aliphatic rings. The van der Waals surface area contributed by atoms with Gasteiger partial charge in [0.25, 0.3) is 0 Å². The van der Waals surface area contributed by atoms with Crippen LogP contribution in [0.5, 0.6) is 0 Å². The molecule has 11 heavy (non-hydrogen) atoms. The van der Waals surface area contributed by atoms with E-state index in [9.17, 15) is 5.11 Å². The van der Waals surface area contributed by atoms with Gasteiger partial charge < -0.3 is 5.11 Å². The Hall–Kier alpha value is -0.300. The molecule has 0 aromatic carbocycles. The molecular formula is C10H20O. The Labute approximate surface area is 70.1 Å². The molecule has 0 radical (unpaired) electrons. The van der Waals surface area contributed by atoms with Crippen LogP contribution in [-0.2, 0) is 0 Å². The lowest BCUT2D eigenvalue weighted by Gasteiger charge is -2.23. The lowest BCUT2D eigenvalue weighted by molar-refractivity contribution is 0.0815. The van der Waals surface area contributed by atoms with Crippen molar-refractivity contribution >= 4 is 0 Å². The predicted octanol–water partition coefficient (Wildman–Crippen LogP) is 2.61. The predicted molar refractivity (Wildman–Crippen MR) is 49.4 cm³/mol. The Morgan fingerprint density at radius 1 is 1.45 bits per heavy atom. The van der Waals surface area contributed by atoms with E-state index in [4.69, 9.17) is 0 Å². The smallest absolute Gasteiger partial charge is 0.0605 e. The van der Waals surface area contributed by atoms with Crippen LogP contribution >= 0.6 is 0 Å². The first-order valence-corrected chi connectivity index (χ1v) is 4.42. The van der Waals surface area contributed by atoms with Crippen molar-refractivity contribution in [2.24, 2.45) is 11.8 Å². The third-order valence-corrected chi connectivity index (χ3v) is 2.23. The summed E-state index contributed by atoms with van der Waals surface area (Å²) in [5, 5.41) is 9.61. The minimum absolute atomic E-state index is 0.197. The second kappa shape index (κ2) is 5.36. The second-order valence-corrected chi connectivity index (χ2v) is 3.41. The summed E-state index contributed by atoms with van der Waals surface area (Å²) in [4.78, 5) is 0. The van der Waals surface area contributed by atoms with Gasteiger partial charge in [-0.25, -0.2) is 0 Å². The molecule has 0 amide bonds. The first-order chi connectivity index (χ1) is 5.13. The summed E-state index contributed by atoms with van der Waals surface area (Å²) in [6.07, 6.45) is 3.36. The summed E-state index contributed by atoms with van der Waals surface area (Å²) in [6, 6.07) is 0. The van der Waals surface area contributed by atoms with Gasteiger partial charge in [-0.15, -0.1) is 6.58 Å². The van der Waals surface area contributed by atoms with Crippen molar-refractivity contribution in [2.75, 3.05) is 0 Å². The zero-order valence-corrected chi connectivity index (χ0v) is 7.88. The maximum Gasteiger partial charge on any atom is 0.0605 e. The van der Waals surface area contributed by atoms with Crippen LogP contribution in [0.1, 0.15) is 33.6 Å². The third kappa shape index (κ3) is 3.57. The van der Waals surface area contributed by atoms with Gasteiger partial charge >= 0.3 is 0 Å². The maximum absolute atomic E-state index is 9.61. The van der Waals surface area contributed by atoms with Crippen molar-refractivity contribution in [2.45, 2.75) is 39.7 Å². The minimum atomic E-state index is -0.197. The van der Waals surface area contributed by atoms with Gasteiger partial charge in [0.2, 0.25) is 0 Å². The molecule has 1 N–H and O–H groups in total. The van der Waals surface area contributed by atoms with E-state index in [1.807, 2.05) is 0 Å². The van der Waals surface area contributed by atoms with Gasteiger partial charge in [-0.1, -0.05) is 33.3 Å². The number of rotatable bonds is 5. The Morgan fingerprint density at radius 3 is 2.27 bits per heavy atom. The molecule has 0 fully saturated rings. The standard InChI is InChI=1S/C10H20O/c1-5-7-10(11)9(6-2)8(3)4/h5,8-11H,1,6-7H2,2-4H3.